The number of hydrazone groups is 1. The van der Waals surface area contributed by atoms with Crippen LogP contribution in [0.5, 0.6) is 5.75 Å². The molecule has 0 bridgehead atoms. The van der Waals surface area contributed by atoms with Gasteiger partial charge in [-0.25, -0.2) is 13.8 Å². The van der Waals surface area contributed by atoms with Crippen LogP contribution in [0.2, 0.25) is 0 Å². The molecular weight excluding hydrogens is 476 g/mol. The minimum absolute atomic E-state index is 0.0692. The molecule has 0 saturated carbocycles. The molecule has 9 heteroatoms. The Balaban J connectivity index is 1.38. The van der Waals surface area contributed by atoms with Crippen molar-refractivity contribution < 1.29 is 17.9 Å². The number of sulfonamides is 1. The van der Waals surface area contributed by atoms with E-state index in [1.165, 1.54) is 30.7 Å². The molecule has 182 valence electrons. The SMILES string of the molecule is O=C(CN(c1cccnc1)S(=O)(=O)c1ccccc1)N/N=C\c1ccc(OCc2ccccc2)cc1. The highest BCUT2D eigenvalue weighted by Crippen LogP contribution is 2.22. The molecule has 1 N–H and O–H groups in total. The summed E-state index contributed by atoms with van der Waals surface area (Å²) in [6.45, 7) is -0.00379. The minimum atomic E-state index is -3.99. The number of rotatable bonds is 10. The maximum atomic E-state index is 13.2. The fourth-order valence-electron chi connectivity index (χ4n) is 3.27. The van der Waals surface area contributed by atoms with Crippen LogP contribution in [-0.2, 0) is 21.4 Å². The average molecular weight is 501 g/mol. The van der Waals surface area contributed by atoms with Crippen LogP contribution in [0.3, 0.4) is 0 Å². The number of carbonyl (C=O) groups is 1. The number of pyridine rings is 1. The zero-order valence-electron chi connectivity index (χ0n) is 19.3. The number of nitrogens with zero attached hydrogens (tertiary/aromatic N) is 3. The van der Waals surface area contributed by atoms with E-state index in [-0.39, 0.29) is 10.6 Å². The molecule has 8 nitrogen and oxygen atoms in total. The van der Waals surface area contributed by atoms with Crippen LogP contribution >= 0.6 is 0 Å². The van der Waals surface area contributed by atoms with E-state index in [2.05, 4.69) is 15.5 Å². The van der Waals surface area contributed by atoms with E-state index >= 15 is 0 Å². The van der Waals surface area contributed by atoms with Gasteiger partial charge in [-0.1, -0.05) is 48.5 Å². The van der Waals surface area contributed by atoms with E-state index in [0.29, 0.717) is 12.4 Å². The van der Waals surface area contributed by atoms with Gasteiger partial charge in [0.05, 0.1) is 23.0 Å². The first-order valence-corrected chi connectivity index (χ1v) is 12.5. The Morgan fingerprint density at radius 3 is 2.28 bits per heavy atom. The molecule has 0 fully saturated rings. The summed E-state index contributed by atoms with van der Waals surface area (Å²) in [6, 6.07) is 28.2. The number of nitrogens with one attached hydrogen (secondary N) is 1. The lowest BCUT2D eigenvalue weighted by Crippen LogP contribution is -2.39. The van der Waals surface area contributed by atoms with Crippen molar-refractivity contribution in [2.75, 3.05) is 10.8 Å². The molecule has 0 spiro atoms. The molecule has 1 heterocycles. The molecule has 0 atom stereocenters. The molecule has 1 amide bonds. The number of aromatic nitrogens is 1. The molecule has 0 unspecified atom stereocenters. The maximum absolute atomic E-state index is 13.2. The summed E-state index contributed by atoms with van der Waals surface area (Å²) in [4.78, 5) is 16.6. The number of hydrogen-bond acceptors (Lipinski definition) is 6. The van der Waals surface area contributed by atoms with Gasteiger partial charge in [0.2, 0.25) is 0 Å². The standard InChI is InChI=1S/C27H24N4O4S/c32-27(20-31(24-10-7-17-28-19-24)36(33,34)26-11-5-2-6-12-26)30-29-18-22-13-15-25(16-14-22)35-21-23-8-3-1-4-9-23/h1-19H,20-21H2,(H,30,32)/b29-18-. The third-order valence-electron chi connectivity index (χ3n) is 5.08. The highest BCUT2D eigenvalue weighted by molar-refractivity contribution is 7.92. The highest BCUT2D eigenvalue weighted by Gasteiger charge is 2.27. The fraction of sp³-hybridized carbons (Fsp3) is 0.0741. The summed E-state index contributed by atoms with van der Waals surface area (Å²) in [5.74, 6) is 0.107. The summed E-state index contributed by atoms with van der Waals surface area (Å²) in [6.07, 6.45) is 4.39. The Kier molecular flexibility index (Phi) is 8.05. The molecule has 0 saturated heterocycles. The van der Waals surface area contributed by atoms with Crippen LogP contribution < -0.4 is 14.5 Å². The van der Waals surface area contributed by atoms with Crippen LogP contribution in [-0.4, -0.2) is 32.1 Å². The number of benzene rings is 3. The number of carbonyl (C=O) groups excluding carboxylic acids is 1. The monoisotopic (exact) mass is 500 g/mol. The second-order valence-electron chi connectivity index (χ2n) is 7.67. The smallest absolute Gasteiger partial charge is 0.264 e. The van der Waals surface area contributed by atoms with Gasteiger partial charge in [0.15, 0.2) is 0 Å². The van der Waals surface area contributed by atoms with E-state index in [1.807, 2.05) is 42.5 Å². The number of ether oxygens (including phenoxy) is 1. The topological polar surface area (TPSA) is 101 Å². The maximum Gasteiger partial charge on any atom is 0.264 e. The average Bonchev–Trinajstić information content (AvgIpc) is 2.93. The normalized spacial score (nSPS) is 11.2. The predicted octanol–water partition coefficient (Wildman–Crippen LogP) is 4.01. The van der Waals surface area contributed by atoms with Crippen LogP contribution in [0.1, 0.15) is 11.1 Å². The van der Waals surface area contributed by atoms with Gasteiger partial charge < -0.3 is 4.74 Å². The van der Waals surface area contributed by atoms with Gasteiger partial charge in [-0.15, -0.1) is 0 Å². The van der Waals surface area contributed by atoms with Gasteiger partial charge in [0.25, 0.3) is 15.9 Å². The van der Waals surface area contributed by atoms with Crippen molar-refractivity contribution >= 4 is 27.8 Å². The van der Waals surface area contributed by atoms with Crippen LogP contribution in [0.15, 0.2) is 119 Å². The zero-order valence-corrected chi connectivity index (χ0v) is 20.1. The molecule has 1 aromatic heterocycles. The molecule has 4 aromatic rings. The zero-order chi connectivity index (χ0) is 25.2. The van der Waals surface area contributed by atoms with Gasteiger partial charge in [-0.3, -0.25) is 14.1 Å². The Morgan fingerprint density at radius 1 is 0.917 bits per heavy atom. The second-order valence-corrected chi connectivity index (χ2v) is 9.53. The van der Waals surface area contributed by atoms with Crippen molar-refractivity contribution in [1.29, 1.82) is 0 Å². The summed E-state index contributed by atoms with van der Waals surface area (Å²) in [7, 11) is -3.99. The first kappa shape index (κ1) is 24.6. The lowest BCUT2D eigenvalue weighted by molar-refractivity contribution is -0.119. The van der Waals surface area contributed by atoms with E-state index in [9.17, 15) is 13.2 Å². The van der Waals surface area contributed by atoms with E-state index in [1.54, 1.807) is 42.5 Å². The highest BCUT2D eigenvalue weighted by atomic mass is 32.2. The molecule has 0 aliphatic rings. The van der Waals surface area contributed by atoms with Crippen molar-refractivity contribution in [2.24, 2.45) is 5.10 Å². The van der Waals surface area contributed by atoms with Crippen molar-refractivity contribution in [3.63, 3.8) is 0 Å². The second kappa shape index (κ2) is 11.8. The molecule has 4 rings (SSSR count). The van der Waals surface area contributed by atoms with Crippen molar-refractivity contribution in [2.45, 2.75) is 11.5 Å². The number of amides is 1. The molecule has 3 aromatic carbocycles. The lowest BCUT2D eigenvalue weighted by atomic mass is 10.2. The van der Waals surface area contributed by atoms with Crippen molar-refractivity contribution in [3.8, 4) is 5.75 Å². The van der Waals surface area contributed by atoms with E-state index < -0.39 is 22.5 Å². The molecular formula is C27H24N4O4S. The largest absolute Gasteiger partial charge is 0.489 e. The van der Waals surface area contributed by atoms with Crippen molar-refractivity contribution in [1.82, 2.24) is 10.4 Å². The van der Waals surface area contributed by atoms with E-state index in [0.717, 1.165) is 15.4 Å². The van der Waals surface area contributed by atoms with Gasteiger partial charge in [0, 0.05) is 6.20 Å². The number of anilines is 1. The van der Waals surface area contributed by atoms with Gasteiger partial charge in [-0.05, 0) is 59.7 Å². The Morgan fingerprint density at radius 2 is 1.61 bits per heavy atom. The first-order chi connectivity index (χ1) is 17.5. The molecule has 0 radical (unpaired) electrons. The number of hydrogen-bond donors (Lipinski definition) is 1. The third-order valence-corrected chi connectivity index (χ3v) is 6.87. The third kappa shape index (κ3) is 6.55. The van der Waals surface area contributed by atoms with Gasteiger partial charge >= 0.3 is 0 Å². The fourth-order valence-corrected chi connectivity index (χ4v) is 4.70. The summed E-state index contributed by atoms with van der Waals surface area (Å²) in [5, 5.41) is 3.96. The minimum Gasteiger partial charge on any atom is -0.489 e. The quantitative estimate of drug-likeness (QED) is 0.262. The summed E-state index contributed by atoms with van der Waals surface area (Å²) < 4.78 is 33.2. The molecule has 36 heavy (non-hydrogen) atoms. The summed E-state index contributed by atoms with van der Waals surface area (Å²) in [5.41, 5.74) is 4.47. The first-order valence-electron chi connectivity index (χ1n) is 11.1. The molecule has 0 aliphatic carbocycles. The lowest BCUT2D eigenvalue weighted by Gasteiger charge is -2.23. The van der Waals surface area contributed by atoms with E-state index in [4.69, 9.17) is 4.74 Å². The Bertz CT molecular complexity index is 1400. The van der Waals surface area contributed by atoms with Crippen molar-refractivity contribution in [3.05, 3.63) is 121 Å². The van der Waals surface area contributed by atoms with Gasteiger partial charge in [0.1, 0.15) is 18.9 Å². The van der Waals surface area contributed by atoms with Gasteiger partial charge in [-0.2, -0.15) is 5.10 Å². The molecule has 0 aliphatic heterocycles. The van der Waals surface area contributed by atoms with Crippen LogP contribution in [0.4, 0.5) is 5.69 Å². The Labute approximate surface area is 209 Å². The predicted molar refractivity (Wildman–Crippen MR) is 138 cm³/mol. The summed E-state index contributed by atoms with van der Waals surface area (Å²) >= 11 is 0. The van der Waals surface area contributed by atoms with Crippen LogP contribution in [0.25, 0.3) is 0 Å². The van der Waals surface area contributed by atoms with Crippen LogP contribution in [0, 0.1) is 0 Å². The Hall–Kier alpha value is -4.50.